The molecule has 2 heterocycles. The fourth-order valence-corrected chi connectivity index (χ4v) is 6.17. The smallest absolute Gasteiger partial charge is 0.335 e. The van der Waals surface area contributed by atoms with E-state index in [1.807, 2.05) is 30.3 Å². The van der Waals surface area contributed by atoms with Gasteiger partial charge < -0.3 is 9.80 Å². The Morgan fingerprint density at radius 1 is 0.952 bits per heavy atom. The van der Waals surface area contributed by atoms with Crippen LogP contribution in [0.15, 0.2) is 48.5 Å². The molecule has 11 heteroatoms. The molecule has 2 aliphatic rings. The van der Waals surface area contributed by atoms with Crippen LogP contribution < -0.4 is 4.90 Å². The van der Waals surface area contributed by atoms with Crippen molar-refractivity contribution < 1.29 is 22.8 Å². The summed E-state index contributed by atoms with van der Waals surface area (Å²) < 4.78 is 42.7. The summed E-state index contributed by atoms with van der Waals surface area (Å²) in [7, 11) is 0. The molecule has 5 rings (SSSR count). The molecule has 0 saturated heterocycles. The predicted molar refractivity (Wildman–Crippen MR) is 155 cm³/mol. The van der Waals surface area contributed by atoms with Crippen molar-refractivity contribution in [1.29, 1.82) is 0 Å². The molecule has 0 N–H and O–H groups in total. The Labute approximate surface area is 248 Å². The number of anilines is 1. The number of aromatic nitrogens is 2. The summed E-state index contributed by atoms with van der Waals surface area (Å²) in [5, 5.41) is 4.39. The van der Waals surface area contributed by atoms with Crippen molar-refractivity contribution in [3.63, 3.8) is 0 Å². The zero-order valence-electron chi connectivity index (χ0n) is 23.7. The van der Waals surface area contributed by atoms with E-state index in [0.29, 0.717) is 74.0 Å². The maximum absolute atomic E-state index is 13.9. The van der Waals surface area contributed by atoms with Gasteiger partial charge in [0.05, 0.1) is 0 Å². The van der Waals surface area contributed by atoms with E-state index < -0.39 is 11.9 Å². The van der Waals surface area contributed by atoms with Gasteiger partial charge in [-0.1, -0.05) is 41.9 Å². The highest BCUT2D eigenvalue weighted by Gasteiger charge is 2.40. The van der Waals surface area contributed by atoms with Gasteiger partial charge in [0, 0.05) is 68.2 Å². The van der Waals surface area contributed by atoms with Crippen molar-refractivity contribution in [2.24, 2.45) is 0 Å². The maximum Gasteiger partial charge on any atom is 0.435 e. The number of nitrogens with zero attached hydrogens (tertiary/aromatic N) is 5. The molecule has 0 bridgehead atoms. The predicted octanol–water partition coefficient (Wildman–Crippen LogP) is 5.72. The molecule has 0 unspecified atom stereocenters. The Balaban J connectivity index is 1.47. The Morgan fingerprint density at radius 3 is 2.45 bits per heavy atom. The topological polar surface area (TPSA) is 61.7 Å². The number of amides is 2. The molecule has 7 nitrogen and oxygen atoms in total. The van der Waals surface area contributed by atoms with E-state index in [-0.39, 0.29) is 30.5 Å². The third-order valence-corrected chi connectivity index (χ3v) is 8.26. The second-order valence-electron chi connectivity index (χ2n) is 11.0. The average molecular weight is 602 g/mol. The van der Waals surface area contributed by atoms with Gasteiger partial charge in [-0.05, 0) is 61.4 Å². The van der Waals surface area contributed by atoms with Crippen molar-refractivity contribution in [2.45, 2.75) is 64.8 Å². The van der Waals surface area contributed by atoms with Gasteiger partial charge in [0.25, 0.3) is 0 Å². The first kappa shape index (κ1) is 30.1. The lowest BCUT2D eigenvalue weighted by Crippen LogP contribution is -2.40. The van der Waals surface area contributed by atoms with Crippen LogP contribution in [-0.4, -0.2) is 57.6 Å². The molecule has 42 heavy (non-hydrogen) atoms. The largest absolute Gasteiger partial charge is 0.435 e. The van der Waals surface area contributed by atoms with E-state index in [2.05, 4.69) is 10.00 Å². The molecule has 1 aliphatic heterocycles. The highest BCUT2D eigenvalue weighted by atomic mass is 35.5. The fraction of sp³-hybridized carbons (Fsp3) is 0.452. The summed E-state index contributed by atoms with van der Waals surface area (Å²) in [6.07, 6.45) is -1.65. The monoisotopic (exact) mass is 601 g/mol. The van der Waals surface area contributed by atoms with Gasteiger partial charge in [-0.15, -0.1) is 0 Å². The first-order valence-corrected chi connectivity index (χ1v) is 14.7. The summed E-state index contributed by atoms with van der Waals surface area (Å²) in [5.41, 5.74) is 2.34. The van der Waals surface area contributed by atoms with Crippen LogP contribution in [0.25, 0.3) is 0 Å². The highest BCUT2D eigenvalue weighted by Crippen LogP contribution is 2.36. The minimum Gasteiger partial charge on any atom is -0.335 e. The lowest BCUT2D eigenvalue weighted by Gasteiger charge is -2.28. The lowest BCUT2D eigenvalue weighted by molar-refractivity contribution is -0.142. The number of rotatable bonds is 4. The van der Waals surface area contributed by atoms with Crippen molar-refractivity contribution >= 4 is 29.1 Å². The van der Waals surface area contributed by atoms with Crippen LogP contribution in [0, 0.1) is 0 Å². The summed E-state index contributed by atoms with van der Waals surface area (Å²) in [6, 6.07) is 15.3. The van der Waals surface area contributed by atoms with Crippen LogP contribution >= 0.6 is 11.6 Å². The van der Waals surface area contributed by atoms with Crippen LogP contribution in [0.3, 0.4) is 0 Å². The van der Waals surface area contributed by atoms with Crippen molar-refractivity contribution in [2.75, 3.05) is 31.1 Å². The molecule has 0 spiro atoms. The van der Waals surface area contributed by atoms with E-state index in [9.17, 15) is 22.8 Å². The number of carbonyl (C=O) groups excluding carboxylic acids is 2. The molecule has 0 radical (unpaired) electrons. The third kappa shape index (κ3) is 6.98. The Morgan fingerprint density at radius 2 is 1.71 bits per heavy atom. The Hall–Kier alpha value is -3.37. The quantitative estimate of drug-likeness (QED) is 0.384. The van der Waals surface area contributed by atoms with Crippen LogP contribution in [0.2, 0.25) is 5.02 Å². The first-order valence-electron chi connectivity index (χ1n) is 14.4. The van der Waals surface area contributed by atoms with Gasteiger partial charge in [0.2, 0.25) is 11.8 Å². The van der Waals surface area contributed by atoms with Crippen LogP contribution in [0.1, 0.15) is 54.3 Å². The van der Waals surface area contributed by atoms with E-state index >= 15 is 0 Å². The van der Waals surface area contributed by atoms with Crippen molar-refractivity contribution in [1.82, 2.24) is 19.6 Å². The fourth-order valence-electron chi connectivity index (χ4n) is 5.97. The zero-order valence-corrected chi connectivity index (χ0v) is 24.4. The van der Waals surface area contributed by atoms with Crippen LogP contribution in [0.4, 0.5) is 18.9 Å². The molecule has 0 atom stereocenters. The summed E-state index contributed by atoms with van der Waals surface area (Å²) in [5.74, 6) is -0.452. The Bertz CT molecular complexity index is 1430. The molecule has 2 amide bonds. The SMILES string of the molecule is CC(=O)N1CCCN(Cc2ccccc2)CCN(C(=O)Cn2nc(C(F)(F)F)c3c2CCCC3)Cc2cc(Cl)ccc21. The third-order valence-electron chi connectivity index (χ3n) is 8.03. The molecule has 224 valence electrons. The number of halogens is 4. The van der Waals surface area contributed by atoms with Gasteiger partial charge in [-0.25, -0.2) is 0 Å². The molecule has 3 aromatic rings. The molecular formula is C31H35ClF3N5O2. The van der Waals surface area contributed by atoms with Crippen molar-refractivity contribution in [3.8, 4) is 0 Å². The minimum absolute atomic E-state index is 0.117. The number of benzene rings is 2. The molecule has 0 saturated carbocycles. The second kappa shape index (κ2) is 12.9. The molecule has 1 aliphatic carbocycles. The summed E-state index contributed by atoms with van der Waals surface area (Å²) in [6.45, 7) is 4.17. The number of fused-ring (bicyclic) bond motifs is 2. The molecule has 2 aromatic carbocycles. The van der Waals surface area contributed by atoms with Gasteiger partial charge in [-0.2, -0.15) is 18.3 Å². The van der Waals surface area contributed by atoms with Gasteiger partial charge in [0.1, 0.15) is 6.54 Å². The van der Waals surface area contributed by atoms with Crippen LogP contribution in [-0.2, 0) is 48.2 Å². The van der Waals surface area contributed by atoms with Gasteiger partial charge in [0.15, 0.2) is 5.69 Å². The van der Waals surface area contributed by atoms with E-state index in [0.717, 1.165) is 18.4 Å². The lowest BCUT2D eigenvalue weighted by atomic mass is 9.95. The first-order chi connectivity index (χ1) is 20.1. The van der Waals surface area contributed by atoms with Crippen molar-refractivity contribution in [3.05, 3.63) is 81.6 Å². The highest BCUT2D eigenvalue weighted by molar-refractivity contribution is 6.30. The summed E-state index contributed by atoms with van der Waals surface area (Å²) >= 11 is 6.36. The van der Waals surface area contributed by atoms with E-state index in [1.165, 1.54) is 11.6 Å². The normalized spacial score (nSPS) is 16.9. The number of hydrogen-bond donors (Lipinski definition) is 0. The van der Waals surface area contributed by atoms with Crippen LogP contribution in [0.5, 0.6) is 0 Å². The summed E-state index contributed by atoms with van der Waals surface area (Å²) in [4.78, 5) is 32.2. The molecule has 0 fully saturated rings. The number of alkyl halides is 3. The van der Waals surface area contributed by atoms with E-state index in [4.69, 9.17) is 11.6 Å². The minimum atomic E-state index is -4.57. The molecular weight excluding hydrogens is 567 g/mol. The number of hydrogen-bond acceptors (Lipinski definition) is 4. The number of carbonyl (C=O) groups is 2. The Kier molecular flexibility index (Phi) is 9.22. The molecule has 1 aromatic heterocycles. The zero-order chi connectivity index (χ0) is 29.9. The van der Waals surface area contributed by atoms with Gasteiger partial charge in [-0.3, -0.25) is 19.2 Å². The standard InChI is InChI=1S/C31H35ClF3N5O2/c1-22(41)39-15-7-14-37(19-23-8-3-2-4-9-23)16-17-38(20-24-18-25(32)12-13-27(24)39)29(42)21-40-28-11-6-5-10-26(28)30(36-40)31(33,34)35/h2-4,8-9,12-13,18H,5-7,10-11,14-17,19-21H2,1H3. The maximum atomic E-state index is 13.9. The van der Waals surface area contributed by atoms with Gasteiger partial charge >= 0.3 is 6.18 Å². The second-order valence-corrected chi connectivity index (χ2v) is 11.4. The average Bonchev–Trinajstić information content (AvgIpc) is 3.31. The van der Waals surface area contributed by atoms with E-state index in [1.54, 1.807) is 28.0 Å².